The quantitative estimate of drug-likeness (QED) is 0.733. The number of benzene rings is 2. The SMILES string of the molecule is COc1ccc2ccccc2c1CN1CCOC(c2cnccn2)C1. The van der Waals surface area contributed by atoms with E-state index in [4.69, 9.17) is 9.47 Å². The third kappa shape index (κ3) is 3.34. The predicted molar refractivity (Wildman–Crippen MR) is 96.5 cm³/mol. The van der Waals surface area contributed by atoms with E-state index in [2.05, 4.69) is 51.3 Å². The first-order valence-electron chi connectivity index (χ1n) is 8.49. The van der Waals surface area contributed by atoms with Gasteiger partial charge in [0.1, 0.15) is 11.9 Å². The van der Waals surface area contributed by atoms with Gasteiger partial charge in [0.15, 0.2) is 0 Å². The Morgan fingerprint density at radius 1 is 1.20 bits per heavy atom. The highest BCUT2D eigenvalue weighted by Gasteiger charge is 2.24. The molecule has 0 N–H and O–H groups in total. The molecule has 0 aliphatic carbocycles. The smallest absolute Gasteiger partial charge is 0.123 e. The van der Waals surface area contributed by atoms with E-state index in [0.29, 0.717) is 6.61 Å². The van der Waals surface area contributed by atoms with Crippen LogP contribution in [0.1, 0.15) is 17.4 Å². The van der Waals surface area contributed by atoms with E-state index < -0.39 is 0 Å². The van der Waals surface area contributed by atoms with Gasteiger partial charge in [-0.05, 0) is 16.8 Å². The largest absolute Gasteiger partial charge is 0.496 e. The van der Waals surface area contributed by atoms with Crippen molar-refractivity contribution in [2.24, 2.45) is 0 Å². The van der Waals surface area contributed by atoms with Crippen molar-refractivity contribution in [2.45, 2.75) is 12.6 Å². The van der Waals surface area contributed by atoms with E-state index >= 15 is 0 Å². The molecule has 0 bridgehead atoms. The molecule has 0 saturated carbocycles. The van der Waals surface area contributed by atoms with Crippen molar-refractivity contribution in [3.63, 3.8) is 0 Å². The summed E-state index contributed by atoms with van der Waals surface area (Å²) in [5, 5.41) is 2.47. The molecule has 1 aliphatic rings. The fourth-order valence-corrected chi connectivity index (χ4v) is 3.40. The van der Waals surface area contributed by atoms with Crippen molar-refractivity contribution in [1.29, 1.82) is 0 Å². The van der Waals surface area contributed by atoms with Crippen molar-refractivity contribution in [3.05, 3.63) is 66.2 Å². The minimum Gasteiger partial charge on any atom is -0.496 e. The average molecular weight is 335 g/mol. The van der Waals surface area contributed by atoms with Gasteiger partial charge in [-0.25, -0.2) is 0 Å². The minimum atomic E-state index is -0.0385. The Hall–Kier alpha value is -2.50. The van der Waals surface area contributed by atoms with Crippen LogP contribution in [0.2, 0.25) is 0 Å². The maximum atomic E-state index is 5.90. The first-order valence-corrected chi connectivity index (χ1v) is 8.49. The molecule has 0 spiro atoms. The molecule has 25 heavy (non-hydrogen) atoms. The Morgan fingerprint density at radius 2 is 2.12 bits per heavy atom. The Kier molecular flexibility index (Phi) is 4.59. The molecule has 128 valence electrons. The van der Waals surface area contributed by atoms with Gasteiger partial charge in [0.05, 0.1) is 25.6 Å². The second-order valence-electron chi connectivity index (χ2n) is 6.19. The van der Waals surface area contributed by atoms with Crippen LogP contribution in [0.25, 0.3) is 10.8 Å². The molecule has 1 saturated heterocycles. The summed E-state index contributed by atoms with van der Waals surface area (Å²) in [4.78, 5) is 10.9. The average Bonchev–Trinajstić information content (AvgIpc) is 2.69. The number of ether oxygens (including phenoxy) is 2. The van der Waals surface area contributed by atoms with Crippen LogP contribution < -0.4 is 4.74 Å². The van der Waals surface area contributed by atoms with Crippen LogP contribution in [0.5, 0.6) is 5.75 Å². The van der Waals surface area contributed by atoms with Crippen molar-refractivity contribution in [3.8, 4) is 5.75 Å². The highest BCUT2D eigenvalue weighted by Crippen LogP contribution is 2.30. The molecule has 5 nitrogen and oxygen atoms in total. The first-order chi connectivity index (χ1) is 12.3. The molecule has 0 amide bonds. The lowest BCUT2D eigenvalue weighted by atomic mass is 10.0. The molecule has 4 rings (SSSR count). The van der Waals surface area contributed by atoms with Crippen LogP contribution in [0.3, 0.4) is 0 Å². The third-order valence-electron chi connectivity index (χ3n) is 4.66. The van der Waals surface area contributed by atoms with Crippen LogP contribution in [0.15, 0.2) is 55.0 Å². The Labute approximate surface area is 147 Å². The van der Waals surface area contributed by atoms with E-state index in [9.17, 15) is 0 Å². The summed E-state index contributed by atoms with van der Waals surface area (Å²) in [5.41, 5.74) is 2.11. The number of rotatable bonds is 4. The molecule has 1 aliphatic heterocycles. The minimum absolute atomic E-state index is 0.0385. The van der Waals surface area contributed by atoms with E-state index in [0.717, 1.165) is 31.1 Å². The van der Waals surface area contributed by atoms with Crippen molar-refractivity contribution < 1.29 is 9.47 Å². The molecule has 2 aromatic carbocycles. The lowest BCUT2D eigenvalue weighted by Gasteiger charge is -2.33. The second kappa shape index (κ2) is 7.17. The molecular formula is C20H21N3O2. The van der Waals surface area contributed by atoms with Crippen LogP contribution in [-0.4, -0.2) is 41.7 Å². The van der Waals surface area contributed by atoms with E-state index in [1.807, 2.05) is 0 Å². The summed E-state index contributed by atoms with van der Waals surface area (Å²) >= 11 is 0. The molecular weight excluding hydrogens is 314 g/mol. The van der Waals surface area contributed by atoms with Gasteiger partial charge in [-0.15, -0.1) is 0 Å². The summed E-state index contributed by atoms with van der Waals surface area (Å²) in [7, 11) is 1.73. The van der Waals surface area contributed by atoms with Gasteiger partial charge >= 0.3 is 0 Å². The summed E-state index contributed by atoms with van der Waals surface area (Å²) in [5.74, 6) is 0.932. The topological polar surface area (TPSA) is 47.5 Å². The summed E-state index contributed by atoms with van der Waals surface area (Å²) < 4.78 is 11.5. The van der Waals surface area contributed by atoms with Crippen LogP contribution in [0.4, 0.5) is 0 Å². The molecule has 1 fully saturated rings. The summed E-state index contributed by atoms with van der Waals surface area (Å²) in [6, 6.07) is 12.6. The summed E-state index contributed by atoms with van der Waals surface area (Å²) in [6.45, 7) is 3.20. The normalized spacial score (nSPS) is 18.4. The monoisotopic (exact) mass is 335 g/mol. The van der Waals surface area contributed by atoms with Crippen molar-refractivity contribution in [1.82, 2.24) is 14.9 Å². The van der Waals surface area contributed by atoms with Gasteiger partial charge in [0.25, 0.3) is 0 Å². The number of nitrogens with zero attached hydrogens (tertiary/aromatic N) is 3. The molecule has 1 atom stereocenters. The number of morpholine rings is 1. The van der Waals surface area contributed by atoms with Crippen molar-refractivity contribution >= 4 is 10.8 Å². The maximum Gasteiger partial charge on any atom is 0.123 e. The van der Waals surface area contributed by atoms with Crippen LogP contribution >= 0.6 is 0 Å². The first kappa shape index (κ1) is 16.0. The highest BCUT2D eigenvalue weighted by atomic mass is 16.5. The van der Waals surface area contributed by atoms with E-state index in [1.54, 1.807) is 25.7 Å². The lowest BCUT2D eigenvalue weighted by molar-refractivity contribution is -0.0352. The number of hydrogen-bond acceptors (Lipinski definition) is 5. The summed E-state index contributed by atoms with van der Waals surface area (Å²) in [6.07, 6.45) is 5.15. The Bertz CT molecular complexity index is 854. The number of fused-ring (bicyclic) bond motifs is 1. The number of aromatic nitrogens is 2. The van der Waals surface area contributed by atoms with Gasteiger partial charge in [-0.3, -0.25) is 14.9 Å². The van der Waals surface area contributed by atoms with Gasteiger partial charge in [0.2, 0.25) is 0 Å². The zero-order chi connectivity index (χ0) is 17.1. The lowest BCUT2D eigenvalue weighted by Crippen LogP contribution is -2.38. The van der Waals surface area contributed by atoms with Crippen LogP contribution in [-0.2, 0) is 11.3 Å². The van der Waals surface area contributed by atoms with Gasteiger partial charge in [0, 0.05) is 37.6 Å². The molecule has 1 unspecified atom stereocenters. The predicted octanol–water partition coefficient (Wildman–Crippen LogP) is 3.21. The van der Waals surface area contributed by atoms with Gasteiger partial charge in [-0.2, -0.15) is 0 Å². The Morgan fingerprint density at radius 3 is 2.96 bits per heavy atom. The fourth-order valence-electron chi connectivity index (χ4n) is 3.40. The number of methoxy groups -OCH3 is 1. The molecule has 2 heterocycles. The van der Waals surface area contributed by atoms with Gasteiger partial charge in [-0.1, -0.05) is 30.3 Å². The number of hydrogen-bond donors (Lipinski definition) is 0. The van der Waals surface area contributed by atoms with Crippen LogP contribution in [0, 0.1) is 0 Å². The standard InChI is InChI=1S/C20H21N3O2/c1-24-19-7-6-15-4-2-3-5-16(15)17(19)13-23-10-11-25-20(14-23)18-12-21-8-9-22-18/h2-9,12,20H,10-11,13-14H2,1H3. The highest BCUT2D eigenvalue weighted by molar-refractivity contribution is 5.87. The Balaban J connectivity index is 1.60. The molecule has 3 aromatic rings. The third-order valence-corrected chi connectivity index (χ3v) is 4.66. The zero-order valence-corrected chi connectivity index (χ0v) is 14.3. The fraction of sp³-hybridized carbons (Fsp3) is 0.300. The van der Waals surface area contributed by atoms with E-state index in [1.165, 1.54) is 16.3 Å². The molecule has 1 aromatic heterocycles. The van der Waals surface area contributed by atoms with Gasteiger partial charge < -0.3 is 9.47 Å². The zero-order valence-electron chi connectivity index (χ0n) is 14.3. The van der Waals surface area contributed by atoms with Crippen molar-refractivity contribution in [2.75, 3.05) is 26.8 Å². The molecule has 5 heteroatoms. The molecule has 0 radical (unpaired) electrons. The maximum absolute atomic E-state index is 5.90. The second-order valence-corrected chi connectivity index (χ2v) is 6.19. The van der Waals surface area contributed by atoms with E-state index in [-0.39, 0.29) is 6.10 Å².